The molecule has 10 heteroatoms. The zero-order chi connectivity index (χ0) is 28.8. The number of benzene rings is 1. The summed E-state index contributed by atoms with van der Waals surface area (Å²) in [6.07, 6.45) is 6.28. The molecule has 2 saturated heterocycles. The fourth-order valence-corrected chi connectivity index (χ4v) is 6.35. The highest BCUT2D eigenvalue weighted by atomic mass is 16.5. The third kappa shape index (κ3) is 10.3. The Balaban J connectivity index is 0.933. The predicted octanol–water partition coefficient (Wildman–Crippen LogP) is 2.50. The number of nitrogens with two attached hydrogens (primary N) is 1. The molecule has 232 valence electrons. The number of hydrogen-bond acceptors (Lipinski definition) is 10. The smallest absolute Gasteiger partial charge is 0.226 e. The van der Waals surface area contributed by atoms with Gasteiger partial charge in [0, 0.05) is 71.5 Å². The van der Waals surface area contributed by atoms with Crippen LogP contribution in [0.5, 0.6) is 0 Å². The lowest BCUT2D eigenvalue weighted by molar-refractivity contribution is 0.0331. The van der Waals surface area contributed by atoms with Crippen molar-refractivity contribution < 1.29 is 4.74 Å². The van der Waals surface area contributed by atoms with Gasteiger partial charge in [-0.05, 0) is 69.1 Å². The molecule has 0 unspecified atom stereocenters. The summed E-state index contributed by atoms with van der Waals surface area (Å²) in [5.41, 5.74) is 7.56. The summed E-state index contributed by atoms with van der Waals surface area (Å²) in [5.74, 6) is 3.63. The average molecular weight is 580 g/mol. The van der Waals surface area contributed by atoms with E-state index in [9.17, 15) is 0 Å². The first-order valence-electron chi connectivity index (χ1n) is 16.3. The second kappa shape index (κ2) is 17.0. The van der Waals surface area contributed by atoms with E-state index in [2.05, 4.69) is 66.0 Å². The minimum atomic E-state index is 0.544. The van der Waals surface area contributed by atoms with Crippen molar-refractivity contribution in [3.05, 3.63) is 42.0 Å². The number of nitrogen functional groups attached to an aromatic ring is 1. The molecule has 0 atom stereocenters. The van der Waals surface area contributed by atoms with Crippen molar-refractivity contribution in [2.24, 2.45) is 11.8 Å². The number of aromatic nitrogens is 2. The Hall–Kier alpha value is -2.50. The average Bonchev–Trinajstić information content (AvgIpc) is 3.04. The number of piperazine rings is 1. The van der Waals surface area contributed by atoms with E-state index >= 15 is 0 Å². The highest BCUT2D eigenvalue weighted by molar-refractivity contribution is 5.51. The molecule has 1 aromatic carbocycles. The third-order valence-electron chi connectivity index (χ3n) is 9.09. The number of nitrogens with one attached hydrogen (secondary N) is 3. The Morgan fingerprint density at radius 1 is 0.786 bits per heavy atom. The van der Waals surface area contributed by atoms with Crippen LogP contribution in [-0.2, 0) is 11.3 Å². The van der Waals surface area contributed by atoms with Crippen molar-refractivity contribution in [1.82, 2.24) is 30.4 Å². The van der Waals surface area contributed by atoms with Crippen molar-refractivity contribution in [2.75, 3.05) is 108 Å². The zero-order valence-corrected chi connectivity index (χ0v) is 25.5. The topological polar surface area (TPSA) is 107 Å². The van der Waals surface area contributed by atoms with Crippen LogP contribution in [0.4, 0.5) is 17.6 Å². The molecule has 3 aliphatic rings. The molecule has 0 bridgehead atoms. The van der Waals surface area contributed by atoms with E-state index in [-0.39, 0.29) is 0 Å². The van der Waals surface area contributed by atoms with Crippen LogP contribution in [0.15, 0.2) is 36.4 Å². The van der Waals surface area contributed by atoms with E-state index in [1.54, 1.807) is 0 Å². The van der Waals surface area contributed by atoms with Gasteiger partial charge in [-0.15, -0.1) is 0 Å². The van der Waals surface area contributed by atoms with Crippen LogP contribution in [0.25, 0.3) is 0 Å². The fraction of sp³-hybridized carbons (Fsp3) is 0.688. The van der Waals surface area contributed by atoms with Gasteiger partial charge < -0.3 is 31.3 Å². The number of morpholine rings is 1. The minimum absolute atomic E-state index is 0.544. The van der Waals surface area contributed by atoms with Crippen LogP contribution in [0.3, 0.4) is 0 Å². The van der Waals surface area contributed by atoms with Gasteiger partial charge in [-0.1, -0.05) is 30.3 Å². The Morgan fingerprint density at radius 2 is 1.45 bits per heavy atom. The molecule has 3 heterocycles. The van der Waals surface area contributed by atoms with E-state index in [1.165, 1.54) is 37.7 Å². The van der Waals surface area contributed by atoms with Crippen LogP contribution >= 0.6 is 0 Å². The summed E-state index contributed by atoms with van der Waals surface area (Å²) in [6, 6.07) is 12.5. The van der Waals surface area contributed by atoms with Crippen LogP contribution in [-0.4, -0.2) is 112 Å². The van der Waals surface area contributed by atoms with Gasteiger partial charge in [0.2, 0.25) is 5.95 Å². The lowest BCUT2D eigenvalue weighted by Crippen LogP contribution is -2.49. The SMILES string of the molecule is Nc1cc(N2CCN(CCN3CCOCC3)CC2)nc(NCC2CCC(CNCCCNCc3ccccc3)CC2)n1. The maximum absolute atomic E-state index is 6.21. The van der Waals surface area contributed by atoms with Gasteiger partial charge in [0.25, 0.3) is 0 Å². The van der Waals surface area contributed by atoms with Gasteiger partial charge in [0.05, 0.1) is 13.2 Å². The normalized spacial score (nSPS) is 22.3. The largest absolute Gasteiger partial charge is 0.383 e. The Bertz CT molecular complexity index is 1020. The molecule has 1 aromatic heterocycles. The highest BCUT2D eigenvalue weighted by Gasteiger charge is 2.23. The maximum atomic E-state index is 6.21. The molecule has 0 amide bonds. The number of hydrogen-bond donors (Lipinski definition) is 4. The lowest BCUT2D eigenvalue weighted by atomic mass is 9.82. The van der Waals surface area contributed by atoms with Gasteiger partial charge in [-0.25, -0.2) is 0 Å². The molecule has 42 heavy (non-hydrogen) atoms. The van der Waals surface area contributed by atoms with E-state index in [4.69, 9.17) is 15.5 Å². The van der Waals surface area contributed by atoms with Crippen molar-refractivity contribution in [3.8, 4) is 0 Å². The number of anilines is 3. The Kier molecular flexibility index (Phi) is 12.5. The standard InChI is InChI=1S/C32H53N9O/c33-30-23-31(41-17-15-39(16-18-41)13-14-40-19-21-42-22-20-40)38-32(37-30)36-26-29-9-7-28(8-10-29)25-35-12-4-11-34-24-27-5-2-1-3-6-27/h1-3,5-6,23,28-29,34-35H,4,7-22,24-26H2,(H3,33,36,37,38). The molecule has 5 rings (SSSR count). The monoisotopic (exact) mass is 579 g/mol. The summed E-state index contributed by atoms with van der Waals surface area (Å²) in [6.45, 7) is 15.3. The molecule has 5 N–H and O–H groups in total. The summed E-state index contributed by atoms with van der Waals surface area (Å²) >= 11 is 0. The summed E-state index contributed by atoms with van der Waals surface area (Å²) in [4.78, 5) is 16.8. The van der Waals surface area contributed by atoms with E-state index in [0.29, 0.717) is 17.7 Å². The van der Waals surface area contributed by atoms with Crippen molar-refractivity contribution in [1.29, 1.82) is 0 Å². The number of nitrogens with zero attached hydrogens (tertiary/aromatic N) is 5. The van der Waals surface area contributed by atoms with Gasteiger partial charge in [-0.2, -0.15) is 9.97 Å². The third-order valence-corrected chi connectivity index (χ3v) is 9.09. The Morgan fingerprint density at radius 3 is 2.19 bits per heavy atom. The number of ether oxygens (including phenoxy) is 1. The van der Waals surface area contributed by atoms with Gasteiger partial charge in [-0.3, -0.25) is 9.80 Å². The van der Waals surface area contributed by atoms with Crippen LogP contribution in [0.2, 0.25) is 0 Å². The quantitative estimate of drug-likeness (QED) is 0.235. The van der Waals surface area contributed by atoms with Gasteiger partial charge in [0.15, 0.2) is 0 Å². The molecule has 2 aliphatic heterocycles. The molecule has 2 aromatic rings. The molecular weight excluding hydrogens is 526 g/mol. The van der Waals surface area contributed by atoms with Crippen LogP contribution < -0.4 is 26.6 Å². The first kappa shape index (κ1) is 30.9. The second-order valence-corrected chi connectivity index (χ2v) is 12.2. The summed E-state index contributed by atoms with van der Waals surface area (Å²) in [7, 11) is 0. The molecule has 0 spiro atoms. The second-order valence-electron chi connectivity index (χ2n) is 12.2. The predicted molar refractivity (Wildman–Crippen MR) is 172 cm³/mol. The van der Waals surface area contributed by atoms with E-state index < -0.39 is 0 Å². The lowest BCUT2D eigenvalue weighted by Gasteiger charge is -2.37. The number of rotatable bonds is 15. The van der Waals surface area contributed by atoms with Gasteiger partial charge >= 0.3 is 0 Å². The fourth-order valence-electron chi connectivity index (χ4n) is 6.35. The van der Waals surface area contributed by atoms with E-state index in [0.717, 1.165) is 110 Å². The van der Waals surface area contributed by atoms with Gasteiger partial charge in [0.1, 0.15) is 11.6 Å². The molecule has 1 saturated carbocycles. The summed E-state index contributed by atoms with van der Waals surface area (Å²) in [5, 5.41) is 10.8. The highest BCUT2D eigenvalue weighted by Crippen LogP contribution is 2.29. The van der Waals surface area contributed by atoms with Crippen molar-refractivity contribution >= 4 is 17.6 Å². The molecule has 3 fully saturated rings. The van der Waals surface area contributed by atoms with E-state index in [1.807, 2.05) is 6.07 Å². The van der Waals surface area contributed by atoms with Crippen LogP contribution in [0, 0.1) is 11.8 Å². The molecular formula is C32H53N9O. The molecule has 10 nitrogen and oxygen atoms in total. The Labute approximate surface area is 252 Å². The van der Waals surface area contributed by atoms with Crippen molar-refractivity contribution in [2.45, 2.75) is 38.6 Å². The van der Waals surface area contributed by atoms with Crippen LogP contribution in [0.1, 0.15) is 37.7 Å². The van der Waals surface area contributed by atoms with Crippen molar-refractivity contribution in [3.63, 3.8) is 0 Å². The first-order chi connectivity index (χ1) is 20.7. The first-order valence-corrected chi connectivity index (χ1v) is 16.3. The molecule has 0 radical (unpaired) electrons. The summed E-state index contributed by atoms with van der Waals surface area (Å²) < 4.78 is 5.47. The molecule has 1 aliphatic carbocycles. The minimum Gasteiger partial charge on any atom is -0.383 e. The zero-order valence-electron chi connectivity index (χ0n) is 25.5. The maximum Gasteiger partial charge on any atom is 0.226 e.